The minimum atomic E-state index is -3.88. The Morgan fingerprint density at radius 2 is 2.00 bits per heavy atom. The van der Waals surface area contributed by atoms with E-state index in [0.717, 1.165) is 11.6 Å². The summed E-state index contributed by atoms with van der Waals surface area (Å²) in [5.41, 5.74) is 0. The predicted octanol–water partition coefficient (Wildman–Crippen LogP) is 0.261. The second-order valence-electron chi connectivity index (χ2n) is 3.33. The summed E-state index contributed by atoms with van der Waals surface area (Å²) in [5.74, 6) is -0.849. The molecule has 0 bridgehead atoms. The Labute approximate surface area is 113 Å². The van der Waals surface area contributed by atoms with Gasteiger partial charge in [0.25, 0.3) is 0 Å². The largest absolute Gasteiger partial charge is 0.468 e. The van der Waals surface area contributed by atoms with Crippen LogP contribution in [-0.4, -0.2) is 39.3 Å². The number of halogens is 1. The second-order valence-corrected chi connectivity index (χ2v) is 5.96. The third kappa shape index (κ3) is 3.77. The molecule has 8 heteroatoms. The van der Waals surface area contributed by atoms with Gasteiger partial charge in [0.15, 0.2) is 0 Å². The number of nitrogens with one attached hydrogen (secondary N) is 1. The number of esters is 1. The summed E-state index contributed by atoms with van der Waals surface area (Å²) < 4.78 is 30.9. The SMILES string of the molecule is COC(=O)[C@@H](CO)NS(=O)(=O)c1ccc(Br)cc1. The Kier molecular flexibility index (Phi) is 5.27. The fourth-order valence-corrected chi connectivity index (χ4v) is 2.61. The van der Waals surface area contributed by atoms with E-state index in [1.54, 1.807) is 12.1 Å². The number of carbonyl (C=O) groups excluding carboxylic acids is 1. The lowest BCUT2D eigenvalue weighted by atomic mass is 10.3. The van der Waals surface area contributed by atoms with Crippen LogP contribution in [0.5, 0.6) is 0 Å². The van der Waals surface area contributed by atoms with Gasteiger partial charge < -0.3 is 9.84 Å². The predicted molar refractivity (Wildman–Crippen MR) is 67.4 cm³/mol. The molecule has 2 N–H and O–H groups in total. The van der Waals surface area contributed by atoms with E-state index in [1.807, 2.05) is 0 Å². The number of carbonyl (C=O) groups is 1. The zero-order chi connectivity index (χ0) is 13.8. The Hall–Kier alpha value is -0.960. The van der Waals surface area contributed by atoms with Crippen molar-refractivity contribution >= 4 is 31.9 Å². The first kappa shape index (κ1) is 15.1. The Balaban J connectivity index is 2.94. The number of hydrogen-bond donors (Lipinski definition) is 2. The number of benzene rings is 1. The standard InChI is InChI=1S/C10H12BrNO5S/c1-17-10(14)9(6-13)12-18(15,16)8-4-2-7(11)3-5-8/h2-5,9,12-13H,6H2,1H3/t9-/m1/s1. The minimum absolute atomic E-state index is 0.00643. The van der Waals surface area contributed by atoms with Gasteiger partial charge in [0.05, 0.1) is 18.6 Å². The molecule has 1 rings (SSSR count). The molecule has 1 aromatic rings. The van der Waals surface area contributed by atoms with Gasteiger partial charge in [-0.25, -0.2) is 8.42 Å². The van der Waals surface area contributed by atoms with Crippen LogP contribution in [0.1, 0.15) is 0 Å². The lowest BCUT2D eigenvalue weighted by molar-refractivity contribution is -0.143. The maximum absolute atomic E-state index is 11.9. The van der Waals surface area contributed by atoms with Crippen molar-refractivity contribution in [2.24, 2.45) is 0 Å². The lowest BCUT2D eigenvalue weighted by Gasteiger charge is -2.14. The first-order valence-corrected chi connectivity index (χ1v) is 7.15. The van der Waals surface area contributed by atoms with Gasteiger partial charge in [0.1, 0.15) is 6.04 Å². The summed E-state index contributed by atoms with van der Waals surface area (Å²) in [7, 11) is -2.77. The molecule has 0 radical (unpaired) electrons. The van der Waals surface area contributed by atoms with Gasteiger partial charge >= 0.3 is 5.97 Å². The number of methoxy groups -OCH3 is 1. The zero-order valence-electron chi connectivity index (χ0n) is 9.46. The molecule has 0 fully saturated rings. The molecule has 0 spiro atoms. The van der Waals surface area contributed by atoms with Crippen molar-refractivity contribution in [1.82, 2.24) is 4.72 Å². The van der Waals surface area contributed by atoms with Crippen molar-refractivity contribution in [2.45, 2.75) is 10.9 Å². The molecule has 0 heterocycles. The molecule has 0 aliphatic carbocycles. The van der Waals surface area contributed by atoms with E-state index in [4.69, 9.17) is 5.11 Å². The van der Waals surface area contributed by atoms with E-state index in [2.05, 4.69) is 25.4 Å². The Morgan fingerprint density at radius 3 is 2.44 bits per heavy atom. The lowest BCUT2D eigenvalue weighted by Crippen LogP contribution is -2.43. The van der Waals surface area contributed by atoms with Crippen molar-refractivity contribution < 1.29 is 23.1 Å². The van der Waals surface area contributed by atoms with Gasteiger partial charge in [0, 0.05) is 4.47 Å². The number of sulfonamides is 1. The van der Waals surface area contributed by atoms with Gasteiger partial charge in [-0.1, -0.05) is 15.9 Å². The maximum Gasteiger partial charge on any atom is 0.326 e. The van der Waals surface area contributed by atoms with E-state index in [-0.39, 0.29) is 4.90 Å². The van der Waals surface area contributed by atoms with E-state index in [0.29, 0.717) is 0 Å². The van der Waals surface area contributed by atoms with Crippen LogP contribution >= 0.6 is 15.9 Å². The van der Waals surface area contributed by atoms with Crippen molar-refractivity contribution in [1.29, 1.82) is 0 Å². The summed E-state index contributed by atoms with van der Waals surface area (Å²) in [4.78, 5) is 11.2. The molecule has 0 aliphatic rings. The summed E-state index contributed by atoms with van der Waals surface area (Å²) in [5, 5.41) is 8.95. The molecule has 0 unspecified atom stereocenters. The minimum Gasteiger partial charge on any atom is -0.468 e. The van der Waals surface area contributed by atoms with Gasteiger partial charge in [0.2, 0.25) is 10.0 Å². The summed E-state index contributed by atoms with van der Waals surface area (Å²) in [6.07, 6.45) is 0. The topological polar surface area (TPSA) is 92.7 Å². The highest BCUT2D eigenvalue weighted by atomic mass is 79.9. The highest BCUT2D eigenvalue weighted by Gasteiger charge is 2.25. The second kappa shape index (κ2) is 6.28. The first-order valence-electron chi connectivity index (χ1n) is 4.87. The monoisotopic (exact) mass is 337 g/mol. The molecule has 0 amide bonds. The van der Waals surface area contributed by atoms with Crippen molar-refractivity contribution in [3.8, 4) is 0 Å². The third-order valence-corrected chi connectivity index (χ3v) is 4.11. The van der Waals surface area contributed by atoms with Gasteiger partial charge in [-0.05, 0) is 24.3 Å². The molecule has 18 heavy (non-hydrogen) atoms. The Bertz CT molecular complexity index is 514. The smallest absolute Gasteiger partial charge is 0.326 e. The molecule has 0 aromatic heterocycles. The number of rotatable bonds is 5. The molecule has 0 saturated heterocycles. The molecule has 0 aliphatic heterocycles. The highest BCUT2D eigenvalue weighted by Crippen LogP contribution is 2.14. The summed E-state index contributed by atoms with van der Waals surface area (Å²) >= 11 is 3.18. The molecule has 0 saturated carbocycles. The molecular weight excluding hydrogens is 326 g/mol. The quantitative estimate of drug-likeness (QED) is 0.752. The average molecular weight is 338 g/mol. The first-order chi connectivity index (χ1) is 8.40. The number of aliphatic hydroxyl groups is 1. The van der Waals surface area contributed by atoms with Crippen LogP contribution in [0.4, 0.5) is 0 Å². The van der Waals surface area contributed by atoms with Gasteiger partial charge in [-0.2, -0.15) is 4.72 Å². The third-order valence-electron chi connectivity index (χ3n) is 2.09. The van der Waals surface area contributed by atoms with Crippen molar-refractivity contribution in [3.05, 3.63) is 28.7 Å². The van der Waals surface area contributed by atoms with Crippen LogP contribution in [0.15, 0.2) is 33.6 Å². The zero-order valence-corrected chi connectivity index (χ0v) is 11.9. The fourth-order valence-electron chi connectivity index (χ4n) is 1.17. The average Bonchev–Trinajstić information content (AvgIpc) is 2.35. The van der Waals surface area contributed by atoms with Crippen LogP contribution in [0, 0.1) is 0 Å². The molecule has 6 nitrogen and oxygen atoms in total. The van der Waals surface area contributed by atoms with Crippen molar-refractivity contribution in [2.75, 3.05) is 13.7 Å². The van der Waals surface area contributed by atoms with E-state index < -0.39 is 28.6 Å². The van der Waals surface area contributed by atoms with Gasteiger partial charge in [-0.3, -0.25) is 4.79 Å². The summed E-state index contributed by atoms with van der Waals surface area (Å²) in [6, 6.07) is 4.54. The Morgan fingerprint density at radius 1 is 1.44 bits per heavy atom. The normalized spacial score (nSPS) is 13.1. The number of hydrogen-bond acceptors (Lipinski definition) is 5. The van der Waals surface area contributed by atoms with Crippen molar-refractivity contribution in [3.63, 3.8) is 0 Å². The van der Waals surface area contributed by atoms with Crippen LogP contribution in [0.3, 0.4) is 0 Å². The van der Waals surface area contributed by atoms with Crippen LogP contribution in [-0.2, 0) is 19.6 Å². The van der Waals surface area contributed by atoms with Crippen LogP contribution in [0.25, 0.3) is 0 Å². The maximum atomic E-state index is 11.9. The van der Waals surface area contributed by atoms with E-state index in [9.17, 15) is 13.2 Å². The van der Waals surface area contributed by atoms with Gasteiger partial charge in [-0.15, -0.1) is 0 Å². The highest BCUT2D eigenvalue weighted by molar-refractivity contribution is 9.10. The van der Waals surface area contributed by atoms with E-state index in [1.165, 1.54) is 12.1 Å². The molecular formula is C10H12BrNO5S. The molecule has 1 aromatic carbocycles. The van der Waals surface area contributed by atoms with E-state index >= 15 is 0 Å². The number of ether oxygens (including phenoxy) is 1. The molecule has 100 valence electrons. The molecule has 1 atom stereocenters. The van der Waals surface area contributed by atoms with Crippen LogP contribution in [0.2, 0.25) is 0 Å². The number of aliphatic hydroxyl groups excluding tert-OH is 1. The fraction of sp³-hybridized carbons (Fsp3) is 0.300. The summed E-state index contributed by atoms with van der Waals surface area (Å²) in [6.45, 7) is -0.678. The van der Waals surface area contributed by atoms with Crippen LogP contribution < -0.4 is 4.72 Å².